The molecule has 17 heavy (non-hydrogen) atoms. The molecule has 1 aliphatic heterocycles. The van der Waals surface area contributed by atoms with E-state index in [4.69, 9.17) is 4.74 Å². The Morgan fingerprint density at radius 2 is 2.18 bits per heavy atom. The van der Waals surface area contributed by atoms with Crippen LogP contribution in [0.15, 0.2) is 12.4 Å². The molecule has 0 radical (unpaired) electrons. The van der Waals surface area contributed by atoms with Crippen molar-refractivity contribution in [2.45, 2.75) is 38.1 Å². The van der Waals surface area contributed by atoms with E-state index in [1.54, 1.807) is 0 Å². The van der Waals surface area contributed by atoms with Crippen molar-refractivity contribution in [3.63, 3.8) is 0 Å². The van der Waals surface area contributed by atoms with E-state index >= 15 is 0 Å². The van der Waals surface area contributed by atoms with Crippen LogP contribution >= 0.6 is 0 Å². The SMILES string of the molecule is Fc1cnc(OCCC[C@@H]2CCCCN2)nc1. The van der Waals surface area contributed by atoms with E-state index in [1.165, 1.54) is 19.3 Å². The highest BCUT2D eigenvalue weighted by atomic mass is 19.1. The normalized spacial score (nSPS) is 20.2. The molecule has 1 N–H and O–H groups in total. The molecule has 0 bridgehead atoms. The molecule has 2 heterocycles. The molecule has 0 spiro atoms. The highest BCUT2D eigenvalue weighted by Gasteiger charge is 2.11. The summed E-state index contributed by atoms with van der Waals surface area (Å²) in [6, 6.07) is 0.879. The van der Waals surface area contributed by atoms with E-state index in [0.29, 0.717) is 12.6 Å². The smallest absolute Gasteiger partial charge is 0.316 e. The van der Waals surface area contributed by atoms with Gasteiger partial charge in [-0.05, 0) is 32.2 Å². The van der Waals surface area contributed by atoms with Crippen molar-refractivity contribution in [3.8, 4) is 6.01 Å². The molecule has 0 unspecified atom stereocenters. The summed E-state index contributed by atoms with van der Waals surface area (Å²) in [5.74, 6) is -0.441. The standard InChI is InChI=1S/C12H18FN3O/c13-10-8-15-12(16-9-10)17-7-3-5-11-4-1-2-6-14-11/h8-9,11,14H,1-7H2/t11-/m0/s1. The first kappa shape index (κ1) is 12.2. The first-order chi connectivity index (χ1) is 8.34. The van der Waals surface area contributed by atoms with Crippen LogP contribution in [0.25, 0.3) is 0 Å². The Labute approximate surface area is 101 Å². The first-order valence-corrected chi connectivity index (χ1v) is 6.18. The Kier molecular flexibility index (Phi) is 4.67. The second kappa shape index (κ2) is 6.49. The van der Waals surface area contributed by atoms with E-state index < -0.39 is 5.82 Å². The minimum Gasteiger partial charge on any atom is -0.463 e. The molecule has 5 heteroatoms. The molecule has 4 nitrogen and oxygen atoms in total. The van der Waals surface area contributed by atoms with Crippen LogP contribution < -0.4 is 10.1 Å². The zero-order valence-corrected chi connectivity index (χ0v) is 9.86. The van der Waals surface area contributed by atoms with Crippen LogP contribution in [-0.4, -0.2) is 29.2 Å². The fraction of sp³-hybridized carbons (Fsp3) is 0.667. The van der Waals surface area contributed by atoms with E-state index in [0.717, 1.165) is 31.8 Å². The van der Waals surface area contributed by atoms with Crippen LogP contribution in [0, 0.1) is 5.82 Å². The van der Waals surface area contributed by atoms with Gasteiger partial charge in [-0.1, -0.05) is 6.42 Å². The summed E-state index contributed by atoms with van der Waals surface area (Å²) in [6.45, 7) is 1.72. The van der Waals surface area contributed by atoms with Crippen LogP contribution in [0.3, 0.4) is 0 Å². The van der Waals surface area contributed by atoms with Crippen molar-refractivity contribution in [2.75, 3.05) is 13.2 Å². The highest BCUT2D eigenvalue weighted by Crippen LogP contribution is 2.12. The zero-order valence-electron chi connectivity index (χ0n) is 9.86. The lowest BCUT2D eigenvalue weighted by Gasteiger charge is -2.23. The lowest BCUT2D eigenvalue weighted by molar-refractivity contribution is 0.266. The van der Waals surface area contributed by atoms with Crippen molar-refractivity contribution < 1.29 is 9.13 Å². The second-order valence-electron chi connectivity index (χ2n) is 4.32. The summed E-state index contributed by atoms with van der Waals surface area (Å²) in [6.07, 6.45) is 8.18. The van der Waals surface area contributed by atoms with Gasteiger partial charge < -0.3 is 10.1 Å². The van der Waals surface area contributed by atoms with Crippen molar-refractivity contribution in [3.05, 3.63) is 18.2 Å². The molecule has 1 saturated heterocycles. The van der Waals surface area contributed by atoms with E-state index in [1.807, 2.05) is 0 Å². The lowest BCUT2D eigenvalue weighted by Crippen LogP contribution is -2.34. The fourth-order valence-corrected chi connectivity index (χ4v) is 2.04. The maximum Gasteiger partial charge on any atom is 0.316 e. The van der Waals surface area contributed by atoms with Gasteiger partial charge in [0.05, 0.1) is 19.0 Å². The molecule has 2 rings (SSSR count). The van der Waals surface area contributed by atoms with Gasteiger partial charge in [0.25, 0.3) is 0 Å². The number of aromatic nitrogens is 2. The number of hydrogen-bond donors (Lipinski definition) is 1. The number of nitrogens with zero attached hydrogens (tertiary/aromatic N) is 2. The molecule has 0 amide bonds. The van der Waals surface area contributed by atoms with Gasteiger partial charge in [0, 0.05) is 6.04 Å². The largest absolute Gasteiger partial charge is 0.463 e. The summed E-state index contributed by atoms with van der Waals surface area (Å²) in [4.78, 5) is 7.48. The zero-order chi connectivity index (χ0) is 11.9. The van der Waals surface area contributed by atoms with Gasteiger partial charge in [-0.15, -0.1) is 0 Å². The third-order valence-electron chi connectivity index (χ3n) is 2.94. The average molecular weight is 239 g/mol. The number of halogens is 1. The molecule has 1 fully saturated rings. The first-order valence-electron chi connectivity index (χ1n) is 6.18. The quantitative estimate of drug-likeness (QED) is 0.797. The summed E-state index contributed by atoms with van der Waals surface area (Å²) >= 11 is 0. The van der Waals surface area contributed by atoms with Crippen LogP contribution in [0.4, 0.5) is 4.39 Å². The van der Waals surface area contributed by atoms with Crippen molar-refractivity contribution in [2.24, 2.45) is 0 Å². The number of ether oxygens (including phenoxy) is 1. The molecule has 1 atom stereocenters. The maximum atomic E-state index is 12.5. The number of piperidine rings is 1. The van der Waals surface area contributed by atoms with Crippen LogP contribution in [0.5, 0.6) is 6.01 Å². The highest BCUT2D eigenvalue weighted by molar-refractivity contribution is 4.95. The van der Waals surface area contributed by atoms with E-state index in [2.05, 4.69) is 15.3 Å². The second-order valence-corrected chi connectivity index (χ2v) is 4.32. The molecule has 1 aromatic rings. The van der Waals surface area contributed by atoms with Crippen molar-refractivity contribution in [1.29, 1.82) is 0 Å². The van der Waals surface area contributed by atoms with Crippen LogP contribution in [0.2, 0.25) is 0 Å². The Bertz CT molecular complexity index is 325. The Balaban J connectivity index is 1.60. The van der Waals surface area contributed by atoms with Crippen molar-refractivity contribution in [1.82, 2.24) is 15.3 Å². The molecule has 0 aromatic carbocycles. The molecule has 1 aliphatic rings. The fourth-order valence-electron chi connectivity index (χ4n) is 2.04. The topological polar surface area (TPSA) is 47.0 Å². The predicted octanol–water partition coefficient (Wildman–Crippen LogP) is 1.92. The third-order valence-corrected chi connectivity index (χ3v) is 2.94. The summed E-state index contributed by atoms with van der Waals surface area (Å²) in [5.41, 5.74) is 0. The maximum absolute atomic E-state index is 12.5. The van der Waals surface area contributed by atoms with Gasteiger partial charge in [-0.3, -0.25) is 0 Å². The minimum absolute atomic E-state index is 0.253. The van der Waals surface area contributed by atoms with Crippen LogP contribution in [0.1, 0.15) is 32.1 Å². The van der Waals surface area contributed by atoms with Gasteiger partial charge in [-0.2, -0.15) is 0 Å². The van der Waals surface area contributed by atoms with Gasteiger partial charge in [-0.25, -0.2) is 14.4 Å². The molecule has 94 valence electrons. The minimum atomic E-state index is -0.441. The van der Waals surface area contributed by atoms with Gasteiger partial charge in [0.1, 0.15) is 0 Å². The summed E-state index contributed by atoms with van der Waals surface area (Å²) in [5, 5.41) is 3.49. The van der Waals surface area contributed by atoms with Crippen molar-refractivity contribution >= 4 is 0 Å². The predicted molar refractivity (Wildman–Crippen MR) is 62.4 cm³/mol. The summed E-state index contributed by atoms with van der Waals surface area (Å²) < 4.78 is 17.9. The molecule has 0 aliphatic carbocycles. The third kappa shape index (κ3) is 4.26. The van der Waals surface area contributed by atoms with Gasteiger partial charge in [0.15, 0.2) is 5.82 Å². The van der Waals surface area contributed by atoms with E-state index in [9.17, 15) is 4.39 Å². The Morgan fingerprint density at radius 3 is 2.88 bits per heavy atom. The number of nitrogens with one attached hydrogen (secondary N) is 1. The molecular formula is C12H18FN3O. The number of rotatable bonds is 5. The van der Waals surface area contributed by atoms with Crippen LogP contribution in [-0.2, 0) is 0 Å². The monoisotopic (exact) mass is 239 g/mol. The van der Waals surface area contributed by atoms with E-state index in [-0.39, 0.29) is 6.01 Å². The number of hydrogen-bond acceptors (Lipinski definition) is 4. The summed E-state index contributed by atoms with van der Waals surface area (Å²) in [7, 11) is 0. The molecule has 1 aromatic heterocycles. The molecule has 0 saturated carbocycles. The Hall–Kier alpha value is -1.23. The Morgan fingerprint density at radius 1 is 1.35 bits per heavy atom. The molecular weight excluding hydrogens is 221 g/mol. The lowest BCUT2D eigenvalue weighted by atomic mass is 10.0. The van der Waals surface area contributed by atoms with Gasteiger partial charge in [0.2, 0.25) is 0 Å². The average Bonchev–Trinajstić information content (AvgIpc) is 2.38. The van der Waals surface area contributed by atoms with Gasteiger partial charge >= 0.3 is 6.01 Å².